The molecule has 0 unspecified atom stereocenters. The Morgan fingerprint density at radius 3 is 2.65 bits per heavy atom. The zero-order chi connectivity index (χ0) is 18.7. The van der Waals surface area contributed by atoms with Crippen LogP contribution in [0.4, 0.5) is 0 Å². The Labute approximate surface area is 152 Å². The highest BCUT2D eigenvalue weighted by molar-refractivity contribution is 7.88. The summed E-state index contributed by atoms with van der Waals surface area (Å²) in [5.74, 6) is 0.420. The second-order valence-corrected chi connectivity index (χ2v) is 8.21. The molecule has 0 radical (unpaired) electrons. The number of aromatic nitrogens is 4. The quantitative estimate of drug-likeness (QED) is 0.803. The first-order valence-electron chi connectivity index (χ1n) is 8.46. The van der Waals surface area contributed by atoms with Gasteiger partial charge in [0.1, 0.15) is 5.82 Å². The summed E-state index contributed by atoms with van der Waals surface area (Å²) < 4.78 is 26.9. The second-order valence-electron chi connectivity index (χ2n) is 6.22. The van der Waals surface area contributed by atoms with Crippen LogP contribution in [-0.4, -0.2) is 51.2 Å². The predicted octanol–water partition coefficient (Wildman–Crippen LogP) is 0.331. The van der Waals surface area contributed by atoms with E-state index in [-0.39, 0.29) is 12.5 Å². The van der Waals surface area contributed by atoms with Gasteiger partial charge in [0.05, 0.1) is 36.3 Å². The van der Waals surface area contributed by atoms with E-state index in [1.807, 2.05) is 17.7 Å². The number of hydrogen-bond donors (Lipinski definition) is 1. The highest BCUT2D eigenvalue weighted by Crippen LogP contribution is 2.16. The van der Waals surface area contributed by atoms with E-state index in [4.69, 9.17) is 0 Å². The topological polar surface area (TPSA) is 110 Å². The standard InChI is InChI=1S/C16H22N6O3S/c1-3-15-17-8-12(9-18-15)16(23)19-10-13-7-14-11-21(26(2,24)25)5-4-6-22(14)20-13/h7-9H,3-6,10-11H2,1-2H3,(H,19,23). The van der Waals surface area contributed by atoms with E-state index >= 15 is 0 Å². The average molecular weight is 378 g/mol. The molecular formula is C16H22N6O3S. The number of rotatable bonds is 5. The number of hydrogen-bond acceptors (Lipinski definition) is 6. The smallest absolute Gasteiger partial charge is 0.254 e. The van der Waals surface area contributed by atoms with Gasteiger partial charge in [-0.05, 0) is 12.5 Å². The third kappa shape index (κ3) is 4.25. The SMILES string of the molecule is CCc1ncc(C(=O)NCc2cc3n(n2)CCCN(S(C)(=O)=O)C3)cn1. The predicted molar refractivity (Wildman–Crippen MR) is 94.7 cm³/mol. The summed E-state index contributed by atoms with van der Waals surface area (Å²) in [6, 6.07) is 1.83. The van der Waals surface area contributed by atoms with Gasteiger partial charge in [0, 0.05) is 31.9 Å². The molecule has 1 amide bonds. The summed E-state index contributed by atoms with van der Waals surface area (Å²) in [4.78, 5) is 20.4. The molecule has 2 aromatic heterocycles. The number of aryl methyl sites for hydroxylation is 2. The van der Waals surface area contributed by atoms with Crippen LogP contribution < -0.4 is 5.32 Å². The Morgan fingerprint density at radius 2 is 2.00 bits per heavy atom. The molecule has 26 heavy (non-hydrogen) atoms. The zero-order valence-corrected chi connectivity index (χ0v) is 15.7. The van der Waals surface area contributed by atoms with Crippen LogP contribution in [0.5, 0.6) is 0 Å². The Balaban J connectivity index is 1.65. The molecule has 9 nitrogen and oxygen atoms in total. The summed E-state index contributed by atoms with van der Waals surface area (Å²) in [6.45, 7) is 3.64. The Morgan fingerprint density at radius 1 is 1.27 bits per heavy atom. The number of sulfonamides is 1. The number of nitrogens with zero attached hydrogens (tertiary/aromatic N) is 5. The minimum atomic E-state index is -3.24. The normalized spacial score (nSPS) is 15.3. The summed E-state index contributed by atoms with van der Waals surface area (Å²) in [6.07, 6.45) is 5.65. The van der Waals surface area contributed by atoms with Crippen LogP contribution >= 0.6 is 0 Å². The van der Waals surface area contributed by atoms with Crippen molar-refractivity contribution in [3.8, 4) is 0 Å². The molecule has 0 spiro atoms. The Bertz CT molecular complexity index is 891. The monoisotopic (exact) mass is 378 g/mol. The van der Waals surface area contributed by atoms with Crippen molar-refractivity contribution in [3.05, 3.63) is 41.2 Å². The van der Waals surface area contributed by atoms with Gasteiger partial charge in [0.25, 0.3) is 5.91 Å². The number of carbonyl (C=O) groups excluding carboxylic acids is 1. The van der Waals surface area contributed by atoms with Gasteiger partial charge in [-0.15, -0.1) is 0 Å². The van der Waals surface area contributed by atoms with Gasteiger partial charge in [-0.1, -0.05) is 6.92 Å². The van der Waals surface area contributed by atoms with Crippen molar-refractivity contribution in [2.24, 2.45) is 0 Å². The Kier molecular flexibility index (Phi) is 5.33. The number of fused-ring (bicyclic) bond motifs is 1. The molecule has 10 heteroatoms. The number of nitrogens with one attached hydrogen (secondary N) is 1. The van der Waals surface area contributed by atoms with E-state index in [1.165, 1.54) is 23.0 Å². The van der Waals surface area contributed by atoms with Crippen molar-refractivity contribution in [2.45, 2.75) is 39.4 Å². The molecule has 0 fully saturated rings. The van der Waals surface area contributed by atoms with E-state index in [2.05, 4.69) is 20.4 Å². The van der Waals surface area contributed by atoms with Crippen LogP contribution in [0.2, 0.25) is 0 Å². The lowest BCUT2D eigenvalue weighted by atomic mass is 10.3. The lowest BCUT2D eigenvalue weighted by Crippen LogP contribution is -2.29. The van der Waals surface area contributed by atoms with Crippen molar-refractivity contribution in [3.63, 3.8) is 0 Å². The van der Waals surface area contributed by atoms with Crippen LogP contribution in [0.25, 0.3) is 0 Å². The second kappa shape index (κ2) is 7.50. The molecule has 1 aliphatic rings. The van der Waals surface area contributed by atoms with E-state index in [1.54, 1.807) is 0 Å². The zero-order valence-electron chi connectivity index (χ0n) is 14.8. The molecule has 1 aliphatic heterocycles. The number of amides is 1. The van der Waals surface area contributed by atoms with Crippen LogP contribution in [-0.2, 0) is 36.1 Å². The van der Waals surface area contributed by atoms with Crippen LogP contribution in [0.1, 0.15) is 40.9 Å². The lowest BCUT2D eigenvalue weighted by molar-refractivity contribution is 0.0949. The lowest BCUT2D eigenvalue weighted by Gasteiger charge is -2.16. The van der Waals surface area contributed by atoms with Crippen molar-refractivity contribution in [1.29, 1.82) is 0 Å². The molecular weight excluding hydrogens is 356 g/mol. The molecule has 0 saturated carbocycles. The maximum Gasteiger partial charge on any atom is 0.254 e. The minimum Gasteiger partial charge on any atom is -0.346 e. The first-order valence-corrected chi connectivity index (χ1v) is 10.3. The fourth-order valence-electron chi connectivity index (χ4n) is 2.79. The molecule has 2 aromatic rings. The summed E-state index contributed by atoms with van der Waals surface area (Å²) in [5, 5.41) is 7.26. The van der Waals surface area contributed by atoms with E-state index in [9.17, 15) is 13.2 Å². The van der Waals surface area contributed by atoms with E-state index < -0.39 is 10.0 Å². The van der Waals surface area contributed by atoms with Gasteiger partial charge in [-0.25, -0.2) is 18.4 Å². The highest BCUT2D eigenvalue weighted by Gasteiger charge is 2.22. The third-order valence-electron chi connectivity index (χ3n) is 4.21. The van der Waals surface area contributed by atoms with Crippen LogP contribution in [0.15, 0.2) is 18.5 Å². The first-order chi connectivity index (χ1) is 12.4. The first kappa shape index (κ1) is 18.5. The molecule has 0 atom stereocenters. The van der Waals surface area contributed by atoms with Gasteiger partial charge in [-0.3, -0.25) is 9.48 Å². The largest absolute Gasteiger partial charge is 0.346 e. The van der Waals surface area contributed by atoms with Crippen molar-refractivity contribution >= 4 is 15.9 Å². The molecule has 3 heterocycles. The van der Waals surface area contributed by atoms with Gasteiger partial charge in [0.2, 0.25) is 10.0 Å². The summed E-state index contributed by atoms with van der Waals surface area (Å²) >= 11 is 0. The van der Waals surface area contributed by atoms with Gasteiger partial charge < -0.3 is 5.32 Å². The van der Waals surface area contributed by atoms with Crippen molar-refractivity contribution in [1.82, 2.24) is 29.4 Å². The fourth-order valence-corrected chi connectivity index (χ4v) is 3.62. The van der Waals surface area contributed by atoms with E-state index in [0.717, 1.165) is 5.69 Å². The van der Waals surface area contributed by atoms with Crippen LogP contribution in [0, 0.1) is 0 Å². The van der Waals surface area contributed by atoms with Gasteiger partial charge >= 0.3 is 0 Å². The molecule has 140 valence electrons. The maximum absolute atomic E-state index is 12.2. The van der Waals surface area contributed by atoms with E-state index in [0.29, 0.717) is 49.6 Å². The molecule has 0 aliphatic carbocycles. The van der Waals surface area contributed by atoms with Crippen LogP contribution in [0.3, 0.4) is 0 Å². The molecule has 3 rings (SSSR count). The van der Waals surface area contributed by atoms with Crippen molar-refractivity contribution < 1.29 is 13.2 Å². The summed E-state index contributed by atoms with van der Waals surface area (Å²) in [7, 11) is -3.24. The molecule has 0 bridgehead atoms. The molecule has 0 aromatic carbocycles. The van der Waals surface area contributed by atoms with Gasteiger partial charge in [0.15, 0.2) is 0 Å². The average Bonchev–Trinajstić information content (AvgIpc) is 2.88. The summed E-state index contributed by atoms with van der Waals surface area (Å²) in [5.41, 5.74) is 1.91. The minimum absolute atomic E-state index is 0.257. The maximum atomic E-state index is 12.2. The number of carbonyl (C=O) groups is 1. The fraction of sp³-hybridized carbons (Fsp3) is 0.500. The Hall–Kier alpha value is -2.33. The molecule has 1 N–H and O–H groups in total. The van der Waals surface area contributed by atoms with Gasteiger partial charge in [-0.2, -0.15) is 9.40 Å². The third-order valence-corrected chi connectivity index (χ3v) is 5.46. The molecule has 0 saturated heterocycles. The van der Waals surface area contributed by atoms with Crippen molar-refractivity contribution in [2.75, 3.05) is 12.8 Å². The highest BCUT2D eigenvalue weighted by atomic mass is 32.2.